The lowest BCUT2D eigenvalue weighted by atomic mass is 10.2. The van der Waals surface area contributed by atoms with Gasteiger partial charge in [0.05, 0.1) is 18.7 Å². The van der Waals surface area contributed by atoms with Crippen molar-refractivity contribution in [2.24, 2.45) is 0 Å². The summed E-state index contributed by atoms with van der Waals surface area (Å²) in [5.74, 6) is 2.21. The van der Waals surface area contributed by atoms with Gasteiger partial charge >= 0.3 is 0 Å². The highest BCUT2D eigenvalue weighted by Gasteiger charge is 2.11. The highest BCUT2D eigenvalue weighted by Crippen LogP contribution is 2.36. The maximum Gasteiger partial charge on any atom is 0.175 e. The van der Waals surface area contributed by atoms with Crippen LogP contribution in [0.25, 0.3) is 0 Å². The van der Waals surface area contributed by atoms with Crippen molar-refractivity contribution in [1.29, 1.82) is 0 Å². The molecule has 0 bridgehead atoms. The van der Waals surface area contributed by atoms with Gasteiger partial charge in [-0.2, -0.15) is 0 Å². The molecule has 0 atom stereocenters. The van der Waals surface area contributed by atoms with Gasteiger partial charge in [-0.25, -0.2) is 0 Å². The number of methoxy groups -OCH3 is 2. The molecule has 1 N–H and O–H groups in total. The predicted molar refractivity (Wildman–Crippen MR) is 96.7 cm³/mol. The first kappa shape index (κ1) is 17.2. The summed E-state index contributed by atoms with van der Waals surface area (Å²) in [4.78, 5) is 0. The Hall–Kier alpha value is -2.14. The maximum absolute atomic E-state index is 5.63. The van der Waals surface area contributed by atoms with Gasteiger partial charge in [0, 0.05) is 12.2 Å². The van der Waals surface area contributed by atoms with Gasteiger partial charge in [0.25, 0.3) is 0 Å². The van der Waals surface area contributed by atoms with Crippen molar-refractivity contribution in [1.82, 2.24) is 0 Å². The normalized spacial score (nSPS) is 10.0. The van der Waals surface area contributed by atoms with Gasteiger partial charge in [0.15, 0.2) is 11.5 Å². The van der Waals surface area contributed by atoms with Crippen molar-refractivity contribution in [3.05, 3.63) is 59.1 Å². The van der Waals surface area contributed by atoms with E-state index in [0.717, 1.165) is 21.5 Å². The molecule has 4 nitrogen and oxygen atoms in total. The van der Waals surface area contributed by atoms with E-state index < -0.39 is 0 Å². The number of halogens is 1. The molecule has 0 saturated heterocycles. The third-order valence-electron chi connectivity index (χ3n) is 3.22. The Morgan fingerprint density at radius 1 is 1.13 bits per heavy atom. The molecule has 2 aromatic carbocycles. The minimum absolute atomic E-state index is 0.429. The molecule has 0 aliphatic heterocycles. The highest BCUT2D eigenvalue weighted by molar-refractivity contribution is 9.10. The highest BCUT2D eigenvalue weighted by atomic mass is 79.9. The van der Waals surface area contributed by atoms with Gasteiger partial charge in [-0.05, 0) is 57.9 Å². The third kappa shape index (κ3) is 4.66. The molecule has 0 heterocycles. The van der Waals surface area contributed by atoms with Crippen LogP contribution in [0.15, 0.2) is 53.5 Å². The Morgan fingerprint density at radius 2 is 1.87 bits per heavy atom. The maximum atomic E-state index is 5.63. The lowest BCUT2D eigenvalue weighted by Gasteiger charge is -2.14. The van der Waals surface area contributed by atoms with Crippen molar-refractivity contribution in [2.45, 2.75) is 6.54 Å². The molecule has 2 aromatic rings. The molecule has 0 spiro atoms. The van der Waals surface area contributed by atoms with E-state index in [9.17, 15) is 0 Å². The molecule has 2 rings (SSSR count). The largest absolute Gasteiger partial charge is 0.497 e. The minimum atomic E-state index is 0.429. The van der Waals surface area contributed by atoms with E-state index in [2.05, 4.69) is 27.8 Å². The molecular weight excluding hydrogens is 358 g/mol. The molecule has 0 aliphatic carbocycles. The Labute approximate surface area is 145 Å². The first-order valence-corrected chi connectivity index (χ1v) is 7.95. The fraction of sp³-hybridized carbons (Fsp3) is 0.222. The Bertz CT molecular complexity index is 656. The van der Waals surface area contributed by atoms with Crippen molar-refractivity contribution < 1.29 is 14.2 Å². The number of hydrogen-bond acceptors (Lipinski definition) is 4. The number of anilines is 1. The van der Waals surface area contributed by atoms with Crippen LogP contribution < -0.4 is 19.5 Å². The van der Waals surface area contributed by atoms with E-state index in [1.807, 2.05) is 36.4 Å². The molecule has 0 aliphatic rings. The molecule has 0 radical (unpaired) electrons. The second-order valence-electron chi connectivity index (χ2n) is 4.79. The van der Waals surface area contributed by atoms with Gasteiger partial charge in [0.1, 0.15) is 12.4 Å². The van der Waals surface area contributed by atoms with Crippen LogP contribution in [0.4, 0.5) is 5.69 Å². The third-order valence-corrected chi connectivity index (χ3v) is 3.81. The summed E-state index contributed by atoms with van der Waals surface area (Å²) in [6.45, 7) is 4.75. The molecule has 0 unspecified atom stereocenters. The van der Waals surface area contributed by atoms with Crippen LogP contribution in [0.5, 0.6) is 17.2 Å². The first-order chi connectivity index (χ1) is 11.2. The fourth-order valence-electron chi connectivity index (χ4n) is 2.07. The number of rotatable bonds is 8. The summed E-state index contributed by atoms with van der Waals surface area (Å²) in [5, 5.41) is 3.36. The van der Waals surface area contributed by atoms with E-state index in [0.29, 0.717) is 24.7 Å². The number of benzene rings is 2. The first-order valence-electron chi connectivity index (χ1n) is 7.16. The molecule has 23 heavy (non-hydrogen) atoms. The Morgan fingerprint density at radius 3 is 2.48 bits per heavy atom. The predicted octanol–water partition coefficient (Wildman–Crippen LogP) is 4.64. The van der Waals surface area contributed by atoms with Crippen LogP contribution in [0.2, 0.25) is 0 Å². The van der Waals surface area contributed by atoms with E-state index in [4.69, 9.17) is 14.2 Å². The van der Waals surface area contributed by atoms with Crippen LogP contribution in [-0.2, 0) is 6.54 Å². The number of ether oxygens (including phenoxy) is 3. The zero-order valence-corrected chi connectivity index (χ0v) is 14.9. The SMILES string of the molecule is C=CCOc1c(Br)cc(CNc2ccc(OC)cc2)cc1OC. The lowest BCUT2D eigenvalue weighted by Crippen LogP contribution is -2.02. The molecule has 0 saturated carbocycles. The van der Waals surface area contributed by atoms with E-state index in [1.165, 1.54) is 0 Å². The minimum Gasteiger partial charge on any atom is -0.497 e. The van der Waals surface area contributed by atoms with Gasteiger partial charge < -0.3 is 19.5 Å². The van der Waals surface area contributed by atoms with Crippen LogP contribution in [0, 0.1) is 0 Å². The molecule has 0 amide bonds. The monoisotopic (exact) mass is 377 g/mol. The fourth-order valence-corrected chi connectivity index (χ4v) is 2.67. The summed E-state index contributed by atoms with van der Waals surface area (Å²) in [6, 6.07) is 11.8. The quantitative estimate of drug-likeness (QED) is 0.680. The Kier molecular flexibility index (Phi) is 6.35. The molecule has 5 heteroatoms. The van der Waals surface area contributed by atoms with Crippen LogP contribution in [0.1, 0.15) is 5.56 Å². The molecule has 0 aromatic heterocycles. The smallest absolute Gasteiger partial charge is 0.175 e. The average molecular weight is 378 g/mol. The Balaban J connectivity index is 2.10. The van der Waals surface area contributed by atoms with Gasteiger partial charge in [-0.15, -0.1) is 0 Å². The van der Waals surface area contributed by atoms with E-state index >= 15 is 0 Å². The zero-order chi connectivity index (χ0) is 16.7. The molecular formula is C18H20BrNO3. The summed E-state index contributed by atoms with van der Waals surface area (Å²) in [7, 11) is 3.28. The summed E-state index contributed by atoms with van der Waals surface area (Å²) >= 11 is 3.53. The van der Waals surface area contributed by atoms with Gasteiger partial charge in [0.2, 0.25) is 0 Å². The average Bonchev–Trinajstić information content (AvgIpc) is 2.59. The van der Waals surface area contributed by atoms with Crippen molar-refractivity contribution in [2.75, 3.05) is 26.1 Å². The standard InChI is InChI=1S/C18H20BrNO3/c1-4-9-23-18-16(19)10-13(11-17(18)22-3)12-20-14-5-7-15(21-2)8-6-14/h4-8,10-11,20H,1,9,12H2,2-3H3. The van der Waals surface area contributed by atoms with Crippen molar-refractivity contribution in [3.63, 3.8) is 0 Å². The molecule has 0 fully saturated rings. The van der Waals surface area contributed by atoms with Gasteiger partial charge in [-0.3, -0.25) is 0 Å². The summed E-state index contributed by atoms with van der Waals surface area (Å²) in [6.07, 6.45) is 1.70. The van der Waals surface area contributed by atoms with E-state index in [-0.39, 0.29) is 0 Å². The zero-order valence-electron chi connectivity index (χ0n) is 13.3. The van der Waals surface area contributed by atoms with Crippen molar-refractivity contribution in [3.8, 4) is 17.2 Å². The summed E-state index contributed by atoms with van der Waals surface area (Å²) < 4.78 is 17.0. The lowest BCUT2D eigenvalue weighted by molar-refractivity contribution is 0.324. The molecule has 122 valence electrons. The van der Waals surface area contributed by atoms with Crippen LogP contribution in [-0.4, -0.2) is 20.8 Å². The van der Waals surface area contributed by atoms with E-state index in [1.54, 1.807) is 20.3 Å². The second kappa shape index (κ2) is 8.48. The summed E-state index contributed by atoms with van der Waals surface area (Å²) in [5.41, 5.74) is 2.10. The number of hydrogen-bond donors (Lipinski definition) is 1. The van der Waals surface area contributed by atoms with Crippen LogP contribution in [0.3, 0.4) is 0 Å². The van der Waals surface area contributed by atoms with Crippen LogP contribution >= 0.6 is 15.9 Å². The number of nitrogens with one attached hydrogen (secondary N) is 1. The van der Waals surface area contributed by atoms with Crippen molar-refractivity contribution >= 4 is 21.6 Å². The second-order valence-corrected chi connectivity index (χ2v) is 5.65. The topological polar surface area (TPSA) is 39.7 Å². The van der Waals surface area contributed by atoms with Gasteiger partial charge in [-0.1, -0.05) is 12.7 Å².